The first-order valence-electron chi connectivity index (χ1n) is 4.30. The molecule has 5 nitrogen and oxygen atoms in total. The topological polar surface area (TPSA) is 81.1 Å². The van der Waals surface area contributed by atoms with Crippen LogP contribution in [0.2, 0.25) is 0 Å². The Morgan fingerprint density at radius 1 is 1.69 bits per heavy atom. The predicted octanol–water partition coefficient (Wildman–Crippen LogP) is 0.393. The highest BCUT2D eigenvalue weighted by Crippen LogP contribution is 2.28. The third-order valence-corrected chi connectivity index (χ3v) is 2.01. The quantitative estimate of drug-likeness (QED) is 0.797. The Morgan fingerprint density at radius 2 is 2.25 bits per heavy atom. The number of hydrogen-bond donors (Lipinski definition) is 2. The van der Waals surface area contributed by atoms with Gasteiger partial charge in [-0.3, -0.25) is 9.48 Å². The van der Waals surface area contributed by atoms with Gasteiger partial charge in [0.05, 0.1) is 0 Å². The van der Waals surface area contributed by atoms with E-state index in [-0.39, 0.29) is 12.1 Å². The largest absolute Gasteiger partial charge is 0.480 e. The maximum atomic E-state index is 12.3. The summed E-state index contributed by atoms with van der Waals surface area (Å²) in [6.45, 7) is 0. The molecule has 1 unspecified atom stereocenters. The molecule has 0 aromatic carbocycles. The molecule has 0 aliphatic carbocycles. The number of hydrogen-bond acceptors (Lipinski definition) is 3. The average Bonchev–Trinajstić information content (AvgIpc) is 2.47. The lowest BCUT2D eigenvalue weighted by atomic mass is 10.1. The van der Waals surface area contributed by atoms with E-state index in [1.165, 1.54) is 7.05 Å². The molecule has 1 aromatic heterocycles. The van der Waals surface area contributed by atoms with E-state index in [1.54, 1.807) is 0 Å². The molecule has 0 radical (unpaired) electrons. The molecule has 90 valence electrons. The third-order valence-electron chi connectivity index (χ3n) is 2.01. The molecule has 0 spiro atoms. The van der Waals surface area contributed by atoms with Crippen molar-refractivity contribution in [2.24, 2.45) is 12.8 Å². The van der Waals surface area contributed by atoms with Crippen LogP contribution in [-0.4, -0.2) is 26.9 Å². The first-order chi connectivity index (χ1) is 7.21. The number of aliphatic carboxylic acids is 1. The summed E-state index contributed by atoms with van der Waals surface area (Å²) < 4.78 is 37.7. The summed E-state index contributed by atoms with van der Waals surface area (Å²) in [5.74, 6) is -1.27. The van der Waals surface area contributed by atoms with Crippen LogP contribution in [0.5, 0.6) is 0 Å². The van der Waals surface area contributed by atoms with Crippen LogP contribution in [0.4, 0.5) is 13.2 Å². The summed E-state index contributed by atoms with van der Waals surface area (Å²) in [7, 11) is 1.30. The van der Waals surface area contributed by atoms with Gasteiger partial charge in [0.15, 0.2) is 5.69 Å². The van der Waals surface area contributed by atoms with Gasteiger partial charge >= 0.3 is 12.1 Å². The molecule has 0 aliphatic rings. The number of aromatic nitrogens is 2. The Kier molecular flexibility index (Phi) is 3.22. The molecule has 1 aromatic rings. The van der Waals surface area contributed by atoms with Gasteiger partial charge in [-0.25, -0.2) is 0 Å². The fourth-order valence-corrected chi connectivity index (χ4v) is 1.15. The summed E-state index contributed by atoms with van der Waals surface area (Å²) in [5, 5.41) is 11.8. The number of nitrogens with zero attached hydrogens (tertiary/aromatic N) is 2. The zero-order valence-corrected chi connectivity index (χ0v) is 8.32. The number of alkyl halides is 3. The molecule has 3 N–H and O–H groups in total. The van der Waals surface area contributed by atoms with Crippen molar-refractivity contribution in [1.82, 2.24) is 9.78 Å². The van der Waals surface area contributed by atoms with Gasteiger partial charge < -0.3 is 10.8 Å². The van der Waals surface area contributed by atoms with Crippen molar-refractivity contribution in [3.63, 3.8) is 0 Å². The number of carbonyl (C=O) groups is 1. The van der Waals surface area contributed by atoms with Gasteiger partial charge in [-0.15, -0.1) is 0 Å². The molecule has 0 saturated heterocycles. The lowest BCUT2D eigenvalue weighted by Gasteiger charge is -2.05. The SMILES string of the molecule is Cn1nc(C(F)(F)F)cc1CC(N)C(=O)O. The van der Waals surface area contributed by atoms with Crippen molar-refractivity contribution >= 4 is 5.97 Å². The van der Waals surface area contributed by atoms with Crippen LogP contribution in [0.25, 0.3) is 0 Å². The number of carboxylic acid groups (broad SMARTS) is 1. The third kappa shape index (κ3) is 2.72. The first kappa shape index (κ1) is 12.5. The Bertz CT molecular complexity index is 400. The smallest absolute Gasteiger partial charge is 0.435 e. The van der Waals surface area contributed by atoms with E-state index < -0.39 is 23.9 Å². The molecule has 1 rings (SSSR count). The summed E-state index contributed by atoms with van der Waals surface area (Å²) in [6.07, 6.45) is -4.74. The van der Waals surface area contributed by atoms with Crippen LogP contribution in [-0.2, 0) is 24.4 Å². The van der Waals surface area contributed by atoms with E-state index in [1.807, 2.05) is 0 Å². The maximum Gasteiger partial charge on any atom is 0.435 e. The van der Waals surface area contributed by atoms with Gasteiger partial charge in [0.25, 0.3) is 0 Å². The standard InChI is InChI=1S/C8H10F3N3O2/c1-14-4(2-5(12)7(15)16)3-6(13-14)8(9,10)11/h3,5H,2,12H2,1H3,(H,15,16). The lowest BCUT2D eigenvalue weighted by Crippen LogP contribution is -2.32. The van der Waals surface area contributed by atoms with Gasteiger partial charge in [0.2, 0.25) is 0 Å². The minimum atomic E-state index is -4.54. The minimum absolute atomic E-state index is 0.127. The molecule has 0 saturated carbocycles. The minimum Gasteiger partial charge on any atom is -0.480 e. The molecule has 8 heteroatoms. The summed E-state index contributed by atoms with van der Waals surface area (Å²) >= 11 is 0. The summed E-state index contributed by atoms with van der Waals surface area (Å²) in [5.41, 5.74) is 4.29. The van der Waals surface area contributed by atoms with Crippen molar-refractivity contribution in [3.8, 4) is 0 Å². The van der Waals surface area contributed by atoms with E-state index in [4.69, 9.17) is 10.8 Å². The van der Waals surface area contributed by atoms with Crippen LogP contribution >= 0.6 is 0 Å². The van der Waals surface area contributed by atoms with Crippen LogP contribution in [0, 0.1) is 0 Å². The van der Waals surface area contributed by atoms with Gasteiger partial charge in [-0.1, -0.05) is 0 Å². The number of nitrogens with two attached hydrogens (primary N) is 1. The van der Waals surface area contributed by atoms with E-state index in [2.05, 4.69) is 5.10 Å². The molecule has 0 amide bonds. The number of carboxylic acids is 1. The number of halogens is 3. The van der Waals surface area contributed by atoms with Gasteiger partial charge in [0, 0.05) is 19.2 Å². The van der Waals surface area contributed by atoms with E-state index in [0.29, 0.717) is 0 Å². The predicted molar refractivity (Wildman–Crippen MR) is 47.5 cm³/mol. The fourth-order valence-electron chi connectivity index (χ4n) is 1.15. The summed E-state index contributed by atoms with van der Waals surface area (Å²) in [6, 6.07) is -0.445. The lowest BCUT2D eigenvalue weighted by molar-refractivity contribution is -0.141. The Labute approximate surface area is 88.7 Å². The van der Waals surface area contributed by atoms with Crippen LogP contribution < -0.4 is 5.73 Å². The molecular weight excluding hydrogens is 227 g/mol. The zero-order valence-electron chi connectivity index (χ0n) is 8.32. The molecule has 0 bridgehead atoms. The first-order valence-corrected chi connectivity index (χ1v) is 4.30. The van der Waals surface area contributed by atoms with Crippen molar-refractivity contribution in [2.45, 2.75) is 18.6 Å². The normalized spacial score (nSPS) is 13.8. The van der Waals surface area contributed by atoms with Gasteiger partial charge in [-0.2, -0.15) is 18.3 Å². The second kappa shape index (κ2) is 4.12. The molecule has 16 heavy (non-hydrogen) atoms. The van der Waals surface area contributed by atoms with Crippen LogP contribution in [0.1, 0.15) is 11.4 Å². The van der Waals surface area contributed by atoms with Crippen molar-refractivity contribution < 1.29 is 23.1 Å². The molecular formula is C8H10F3N3O2. The van der Waals surface area contributed by atoms with E-state index in [0.717, 1.165) is 10.7 Å². The Balaban J connectivity index is 2.91. The Hall–Kier alpha value is -1.57. The second-order valence-corrected chi connectivity index (χ2v) is 3.29. The highest BCUT2D eigenvalue weighted by molar-refractivity contribution is 5.73. The van der Waals surface area contributed by atoms with Crippen LogP contribution in [0.3, 0.4) is 0 Å². The van der Waals surface area contributed by atoms with Crippen LogP contribution in [0.15, 0.2) is 6.07 Å². The van der Waals surface area contributed by atoms with E-state index in [9.17, 15) is 18.0 Å². The second-order valence-electron chi connectivity index (χ2n) is 3.29. The highest BCUT2D eigenvalue weighted by Gasteiger charge is 2.34. The molecule has 1 atom stereocenters. The maximum absolute atomic E-state index is 12.3. The number of rotatable bonds is 3. The molecule has 0 fully saturated rings. The molecule has 0 aliphatic heterocycles. The van der Waals surface area contributed by atoms with Crippen molar-refractivity contribution in [2.75, 3.05) is 0 Å². The van der Waals surface area contributed by atoms with Crippen molar-refractivity contribution in [3.05, 3.63) is 17.5 Å². The van der Waals surface area contributed by atoms with Gasteiger partial charge in [0.1, 0.15) is 6.04 Å². The molecule has 1 heterocycles. The average molecular weight is 237 g/mol. The van der Waals surface area contributed by atoms with Crippen molar-refractivity contribution in [1.29, 1.82) is 0 Å². The Morgan fingerprint density at radius 3 is 2.62 bits per heavy atom. The fraction of sp³-hybridized carbons (Fsp3) is 0.500. The van der Waals surface area contributed by atoms with Gasteiger partial charge in [-0.05, 0) is 6.07 Å². The summed E-state index contributed by atoms with van der Waals surface area (Å²) in [4.78, 5) is 10.4. The zero-order chi connectivity index (χ0) is 12.5. The monoisotopic (exact) mass is 237 g/mol. The number of aryl methyl sites for hydroxylation is 1. The highest BCUT2D eigenvalue weighted by atomic mass is 19.4. The van der Waals surface area contributed by atoms with E-state index >= 15 is 0 Å².